The standard InChI is InChI=1S/C19H22N2O4/c1-3-25-18(23)16(17(22)14-9-5-4-6-10-14)21-19(24)20-15-11-7-8-13(2)12-15/h4-12,16-17,22H,3H2,1-2H3,(H2,20,21,24). The summed E-state index contributed by atoms with van der Waals surface area (Å²) in [5.74, 6) is -0.696. The summed E-state index contributed by atoms with van der Waals surface area (Å²) < 4.78 is 4.98. The number of urea groups is 1. The van der Waals surface area contributed by atoms with Crippen molar-refractivity contribution in [2.24, 2.45) is 0 Å². The first-order chi connectivity index (χ1) is 12.0. The van der Waals surface area contributed by atoms with Gasteiger partial charge in [-0.2, -0.15) is 0 Å². The van der Waals surface area contributed by atoms with Gasteiger partial charge in [-0.25, -0.2) is 9.59 Å². The molecule has 0 radical (unpaired) electrons. The Morgan fingerprint density at radius 1 is 1.12 bits per heavy atom. The van der Waals surface area contributed by atoms with Crippen molar-refractivity contribution < 1.29 is 19.4 Å². The highest BCUT2D eigenvalue weighted by molar-refractivity contribution is 5.92. The molecule has 2 atom stereocenters. The molecule has 0 saturated heterocycles. The maximum absolute atomic E-state index is 12.2. The number of aryl methyl sites for hydroxylation is 1. The topological polar surface area (TPSA) is 87.7 Å². The summed E-state index contributed by atoms with van der Waals surface area (Å²) in [6.45, 7) is 3.72. The van der Waals surface area contributed by atoms with Crippen LogP contribution in [0.25, 0.3) is 0 Å². The van der Waals surface area contributed by atoms with Crippen LogP contribution in [0.1, 0.15) is 24.2 Å². The highest BCUT2D eigenvalue weighted by Gasteiger charge is 2.31. The Hall–Kier alpha value is -2.86. The lowest BCUT2D eigenvalue weighted by Gasteiger charge is -2.23. The molecular formula is C19H22N2O4. The van der Waals surface area contributed by atoms with Gasteiger partial charge in [0.1, 0.15) is 6.10 Å². The quantitative estimate of drug-likeness (QED) is 0.705. The van der Waals surface area contributed by atoms with Crippen molar-refractivity contribution in [1.82, 2.24) is 5.32 Å². The van der Waals surface area contributed by atoms with E-state index in [2.05, 4.69) is 10.6 Å². The smallest absolute Gasteiger partial charge is 0.331 e. The Morgan fingerprint density at radius 3 is 2.48 bits per heavy atom. The summed E-state index contributed by atoms with van der Waals surface area (Å²) in [7, 11) is 0. The molecule has 2 rings (SSSR count). The predicted octanol–water partition coefficient (Wildman–Crippen LogP) is 2.78. The second-order valence-electron chi connectivity index (χ2n) is 5.55. The number of anilines is 1. The van der Waals surface area contributed by atoms with Crippen LogP contribution >= 0.6 is 0 Å². The number of esters is 1. The molecule has 2 aromatic rings. The summed E-state index contributed by atoms with van der Waals surface area (Å²) in [5, 5.41) is 15.6. The van der Waals surface area contributed by atoms with E-state index in [9.17, 15) is 14.7 Å². The van der Waals surface area contributed by atoms with Crippen molar-refractivity contribution >= 4 is 17.7 Å². The van der Waals surface area contributed by atoms with Gasteiger partial charge in [-0.1, -0.05) is 42.5 Å². The number of ether oxygens (including phenoxy) is 1. The SMILES string of the molecule is CCOC(=O)C(NC(=O)Nc1cccc(C)c1)C(O)c1ccccc1. The monoisotopic (exact) mass is 342 g/mol. The molecule has 6 nitrogen and oxygen atoms in total. The zero-order valence-electron chi connectivity index (χ0n) is 14.2. The van der Waals surface area contributed by atoms with Gasteiger partial charge in [0.25, 0.3) is 0 Å². The first-order valence-electron chi connectivity index (χ1n) is 8.05. The molecule has 0 aliphatic heterocycles. The Morgan fingerprint density at radius 2 is 1.84 bits per heavy atom. The number of carbonyl (C=O) groups is 2. The molecule has 132 valence electrons. The lowest BCUT2D eigenvalue weighted by atomic mass is 10.0. The van der Waals surface area contributed by atoms with Gasteiger partial charge in [-0.3, -0.25) is 0 Å². The number of benzene rings is 2. The van der Waals surface area contributed by atoms with E-state index in [4.69, 9.17) is 4.74 Å². The minimum atomic E-state index is -1.22. The molecule has 6 heteroatoms. The summed E-state index contributed by atoms with van der Waals surface area (Å²) in [5.41, 5.74) is 2.09. The summed E-state index contributed by atoms with van der Waals surface area (Å²) >= 11 is 0. The normalized spacial score (nSPS) is 12.8. The number of aliphatic hydroxyl groups excluding tert-OH is 1. The molecule has 0 spiro atoms. The molecule has 25 heavy (non-hydrogen) atoms. The Bertz CT molecular complexity index is 718. The molecule has 0 saturated carbocycles. The number of rotatable bonds is 6. The summed E-state index contributed by atoms with van der Waals surface area (Å²) in [6.07, 6.45) is -1.22. The number of carbonyl (C=O) groups excluding carboxylic acids is 2. The van der Waals surface area contributed by atoms with E-state index in [-0.39, 0.29) is 6.61 Å². The van der Waals surface area contributed by atoms with Gasteiger partial charge < -0.3 is 20.5 Å². The molecule has 0 fully saturated rings. The minimum Gasteiger partial charge on any atom is -0.464 e. The van der Waals surface area contributed by atoms with Gasteiger partial charge in [0.05, 0.1) is 6.61 Å². The number of nitrogens with one attached hydrogen (secondary N) is 2. The Kier molecular flexibility index (Phi) is 6.54. The second-order valence-corrected chi connectivity index (χ2v) is 5.55. The Balaban J connectivity index is 2.12. The van der Waals surface area contributed by atoms with Crippen LogP contribution in [-0.4, -0.2) is 29.8 Å². The number of aliphatic hydroxyl groups is 1. The predicted molar refractivity (Wildman–Crippen MR) is 95.2 cm³/mol. The fourth-order valence-corrected chi connectivity index (χ4v) is 2.37. The fourth-order valence-electron chi connectivity index (χ4n) is 2.37. The molecule has 0 heterocycles. The lowest BCUT2D eigenvalue weighted by Crippen LogP contribution is -2.47. The molecule has 0 aliphatic carbocycles. The van der Waals surface area contributed by atoms with Crippen molar-refractivity contribution in [3.05, 3.63) is 65.7 Å². The van der Waals surface area contributed by atoms with Gasteiger partial charge in [0, 0.05) is 5.69 Å². The van der Waals surface area contributed by atoms with E-state index >= 15 is 0 Å². The fraction of sp³-hybridized carbons (Fsp3) is 0.263. The van der Waals surface area contributed by atoms with Crippen LogP contribution in [0.3, 0.4) is 0 Å². The second kappa shape index (κ2) is 8.84. The molecule has 2 amide bonds. The van der Waals surface area contributed by atoms with Crippen LogP contribution in [0, 0.1) is 6.92 Å². The van der Waals surface area contributed by atoms with E-state index in [1.165, 1.54) is 0 Å². The lowest BCUT2D eigenvalue weighted by molar-refractivity contribution is -0.148. The number of amides is 2. The third-order valence-electron chi connectivity index (χ3n) is 3.56. The third-order valence-corrected chi connectivity index (χ3v) is 3.56. The van der Waals surface area contributed by atoms with Crippen molar-refractivity contribution in [3.8, 4) is 0 Å². The average molecular weight is 342 g/mol. The summed E-state index contributed by atoms with van der Waals surface area (Å²) in [4.78, 5) is 24.4. The van der Waals surface area contributed by atoms with Crippen LogP contribution in [0.5, 0.6) is 0 Å². The third kappa shape index (κ3) is 5.32. The van der Waals surface area contributed by atoms with Crippen molar-refractivity contribution in [3.63, 3.8) is 0 Å². The van der Waals surface area contributed by atoms with Gasteiger partial charge in [0.15, 0.2) is 6.04 Å². The van der Waals surface area contributed by atoms with Crippen LogP contribution in [0.15, 0.2) is 54.6 Å². The van der Waals surface area contributed by atoms with Gasteiger partial charge in [-0.05, 0) is 37.1 Å². The highest BCUT2D eigenvalue weighted by Crippen LogP contribution is 2.18. The average Bonchev–Trinajstić information content (AvgIpc) is 2.60. The minimum absolute atomic E-state index is 0.151. The van der Waals surface area contributed by atoms with Crippen LogP contribution < -0.4 is 10.6 Å². The Labute approximate surface area is 146 Å². The van der Waals surface area contributed by atoms with Gasteiger partial charge in [-0.15, -0.1) is 0 Å². The van der Waals surface area contributed by atoms with E-state index in [0.717, 1.165) is 5.56 Å². The molecular weight excluding hydrogens is 320 g/mol. The van der Waals surface area contributed by atoms with E-state index in [0.29, 0.717) is 11.3 Å². The van der Waals surface area contributed by atoms with Crippen molar-refractivity contribution in [2.75, 3.05) is 11.9 Å². The van der Waals surface area contributed by atoms with Gasteiger partial charge in [0.2, 0.25) is 0 Å². The molecule has 3 N–H and O–H groups in total. The largest absolute Gasteiger partial charge is 0.464 e. The van der Waals surface area contributed by atoms with Gasteiger partial charge >= 0.3 is 12.0 Å². The van der Waals surface area contributed by atoms with E-state index in [1.54, 1.807) is 49.4 Å². The number of hydrogen-bond acceptors (Lipinski definition) is 4. The van der Waals surface area contributed by atoms with Crippen LogP contribution in [-0.2, 0) is 9.53 Å². The first kappa shape index (κ1) is 18.5. The van der Waals surface area contributed by atoms with Crippen LogP contribution in [0.4, 0.5) is 10.5 Å². The summed E-state index contributed by atoms with van der Waals surface area (Å²) in [6, 6.07) is 14.1. The molecule has 0 bridgehead atoms. The van der Waals surface area contributed by atoms with Crippen molar-refractivity contribution in [2.45, 2.75) is 26.0 Å². The molecule has 2 unspecified atom stereocenters. The molecule has 0 aromatic heterocycles. The first-order valence-corrected chi connectivity index (χ1v) is 8.05. The zero-order chi connectivity index (χ0) is 18.2. The molecule has 0 aliphatic rings. The molecule has 2 aromatic carbocycles. The van der Waals surface area contributed by atoms with Crippen LogP contribution in [0.2, 0.25) is 0 Å². The number of hydrogen-bond donors (Lipinski definition) is 3. The zero-order valence-corrected chi connectivity index (χ0v) is 14.2. The van der Waals surface area contributed by atoms with E-state index < -0.39 is 24.1 Å². The van der Waals surface area contributed by atoms with E-state index in [1.807, 2.05) is 19.1 Å². The van der Waals surface area contributed by atoms with Crippen molar-refractivity contribution in [1.29, 1.82) is 0 Å². The maximum atomic E-state index is 12.2. The highest BCUT2D eigenvalue weighted by atomic mass is 16.5. The maximum Gasteiger partial charge on any atom is 0.331 e.